The minimum absolute atomic E-state index is 0.199. The highest BCUT2D eigenvalue weighted by Crippen LogP contribution is 2.28. The molecule has 0 radical (unpaired) electrons. The third-order valence-corrected chi connectivity index (χ3v) is 3.75. The predicted octanol–water partition coefficient (Wildman–Crippen LogP) is 3.45. The Morgan fingerprint density at radius 1 is 1.07 bits per heavy atom. The Hall–Kier alpha value is -3.20. The SMILES string of the molecule is CCCCOc1ccc(C(=O)NOCC(=O)Nc2ccc(F)cc2F)cc1OC. The van der Waals surface area contributed by atoms with Crippen LogP contribution in [0.25, 0.3) is 0 Å². The average molecular weight is 408 g/mol. The zero-order valence-electron chi connectivity index (χ0n) is 16.1. The molecule has 2 N–H and O–H groups in total. The van der Waals surface area contributed by atoms with E-state index in [0.717, 1.165) is 25.0 Å². The number of nitrogens with one attached hydrogen (secondary N) is 2. The van der Waals surface area contributed by atoms with E-state index in [1.165, 1.54) is 19.2 Å². The number of ether oxygens (including phenoxy) is 2. The second kappa shape index (κ2) is 11.0. The number of carbonyl (C=O) groups is 2. The molecule has 0 spiro atoms. The van der Waals surface area contributed by atoms with Gasteiger partial charge in [-0.25, -0.2) is 14.3 Å². The quantitative estimate of drug-likeness (QED) is 0.465. The molecule has 0 atom stereocenters. The molecule has 2 amide bonds. The maximum Gasteiger partial charge on any atom is 0.274 e. The second-order valence-corrected chi connectivity index (χ2v) is 5.96. The average Bonchev–Trinajstić information content (AvgIpc) is 2.70. The number of anilines is 1. The van der Waals surface area contributed by atoms with Crippen molar-refractivity contribution in [3.63, 3.8) is 0 Å². The first-order valence-electron chi connectivity index (χ1n) is 8.92. The van der Waals surface area contributed by atoms with E-state index in [9.17, 15) is 18.4 Å². The molecular formula is C20H22F2N2O5. The number of amides is 2. The number of halogens is 2. The summed E-state index contributed by atoms with van der Waals surface area (Å²) in [4.78, 5) is 28.8. The first-order chi connectivity index (χ1) is 13.9. The molecule has 0 aliphatic rings. The maximum absolute atomic E-state index is 13.5. The lowest BCUT2D eigenvalue weighted by Gasteiger charge is -2.12. The van der Waals surface area contributed by atoms with Crippen molar-refractivity contribution in [1.82, 2.24) is 5.48 Å². The molecule has 0 fully saturated rings. The summed E-state index contributed by atoms with van der Waals surface area (Å²) < 4.78 is 37.2. The number of carbonyl (C=O) groups excluding carboxylic acids is 2. The monoisotopic (exact) mass is 408 g/mol. The lowest BCUT2D eigenvalue weighted by atomic mass is 10.2. The Bertz CT molecular complexity index is 861. The van der Waals surface area contributed by atoms with Gasteiger partial charge in [-0.2, -0.15) is 0 Å². The van der Waals surface area contributed by atoms with E-state index in [0.29, 0.717) is 24.2 Å². The van der Waals surface area contributed by atoms with Crippen molar-refractivity contribution in [3.8, 4) is 11.5 Å². The molecule has 0 aliphatic heterocycles. The van der Waals surface area contributed by atoms with Gasteiger partial charge in [-0.3, -0.25) is 14.4 Å². The third-order valence-electron chi connectivity index (χ3n) is 3.75. The summed E-state index contributed by atoms with van der Waals surface area (Å²) in [6.45, 7) is 2.01. The summed E-state index contributed by atoms with van der Waals surface area (Å²) in [7, 11) is 1.46. The topological polar surface area (TPSA) is 85.9 Å². The van der Waals surface area contributed by atoms with Crippen LogP contribution in [-0.2, 0) is 9.63 Å². The van der Waals surface area contributed by atoms with E-state index >= 15 is 0 Å². The maximum atomic E-state index is 13.5. The largest absolute Gasteiger partial charge is 0.493 e. The van der Waals surface area contributed by atoms with Gasteiger partial charge in [0, 0.05) is 11.6 Å². The van der Waals surface area contributed by atoms with Gasteiger partial charge in [0.15, 0.2) is 18.1 Å². The number of hydrogen-bond acceptors (Lipinski definition) is 5. The molecule has 0 aromatic heterocycles. The second-order valence-electron chi connectivity index (χ2n) is 5.96. The van der Waals surface area contributed by atoms with Crippen molar-refractivity contribution in [2.75, 3.05) is 25.6 Å². The summed E-state index contributed by atoms with van der Waals surface area (Å²) in [6, 6.07) is 7.33. The van der Waals surface area contributed by atoms with E-state index in [1.807, 2.05) is 6.92 Å². The number of unbranched alkanes of at least 4 members (excludes halogenated alkanes) is 1. The fourth-order valence-corrected chi connectivity index (χ4v) is 2.26. The van der Waals surface area contributed by atoms with Gasteiger partial charge in [0.25, 0.3) is 11.8 Å². The molecule has 9 heteroatoms. The molecule has 29 heavy (non-hydrogen) atoms. The Morgan fingerprint density at radius 2 is 1.86 bits per heavy atom. The fourth-order valence-electron chi connectivity index (χ4n) is 2.26. The van der Waals surface area contributed by atoms with Crippen LogP contribution in [0.1, 0.15) is 30.1 Å². The van der Waals surface area contributed by atoms with Crippen molar-refractivity contribution in [1.29, 1.82) is 0 Å². The van der Waals surface area contributed by atoms with Crippen LogP contribution in [0, 0.1) is 11.6 Å². The molecule has 0 heterocycles. The van der Waals surface area contributed by atoms with Gasteiger partial charge < -0.3 is 14.8 Å². The zero-order valence-corrected chi connectivity index (χ0v) is 16.1. The molecule has 0 saturated heterocycles. The van der Waals surface area contributed by atoms with Crippen LogP contribution in [0.5, 0.6) is 11.5 Å². The number of hydroxylamine groups is 1. The summed E-state index contributed by atoms with van der Waals surface area (Å²) in [6.07, 6.45) is 1.88. The first kappa shape index (κ1) is 22.1. The fraction of sp³-hybridized carbons (Fsp3) is 0.300. The molecule has 0 aliphatic carbocycles. The van der Waals surface area contributed by atoms with E-state index in [-0.39, 0.29) is 11.3 Å². The van der Waals surface area contributed by atoms with Crippen LogP contribution in [0.15, 0.2) is 36.4 Å². The van der Waals surface area contributed by atoms with Crippen LogP contribution in [0.2, 0.25) is 0 Å². The van der Waals surface area contributed by atoms with Crippen LogP contribution < -0.4 is 20.3 Å². The number of benzene rings is 2. The van der Waals surface area contributed by atoms with Crippen molar-refractivity contribution in [2.45, 2.75) is 19.8 Å². The normalized spacial score (nSPS) is 10.3. The highest BCUT2D eigenvalue weighted by Gasteiger charge is 2.13. The van der Waals surface area contributed by atoms with Gasteiger partial charge in [0.1, 0.15) is 11.6 Å². The highest BCUT2D eigenvalue weighted by atomic mass is 19.1. The van der Waals surface area contributed by atoms with E-state index in [4.69, 9.17) is 14.3 Å². The summed E-state index contributed by atoms with van der Waals surface area (Å²) in [5, 5.41) is 2.21. The van der Waals surface area contributed by atoms with E-state index < -0.39 is 30.1 Å². The Kier molecular flexibility index (Phi) is 8.35. The summed E-state index contributed by atoms with van der Waals surface area (Å²) in [5.41, 5.74) is 2.14. The van der Waals surface area contributed by atoms with Crippen molar-refractivity contribution in [2.24, 2.45) is 0 Å². The third kappa shape index (κ3) is 6.72. The number of methoxy groups -OCH3 is 1. The lowest BCUT2D eigenvalue weighted by molar-refractivity contribution is -0.122. The minimum Gasteiger partial charge on any atom is -0.493 e. The molecule has 2 rings (SSSR count). The molecule has 0 unspecified atom stereocenters. The van der Waals surface area contributed by atoms with E-state index in [1.54, 1.807) is 6.07 Å². The smallest absolute Gasteiger partial charge is 0.274 e. The zero-order chi connectivity index (χ0) is 21.2. The van der Waals surface area contributed by atoms with Gasteiger partial charge in [0.2, 0.25) is 0 Å². The molecule has 0 saturated carbocycles. The van der Waals surface area contributed by atoms with Crippen molar-refractivity contribution >= 4 is 17.5 Å². The standard InChI is InChI=1S/C20H22F2N2O5/c1-3-4-9-28-17-8-5-13(10-18(17)27-2)20(26)24-29-12-19(25)23-16-7-6-14(21)11-15(16)22/h5-8,10-11H,3-4,9,12H2,1-2H3,(H,23,25)(H,24,26). The molecule has 2 aromatic carbocycles. The van der Waals surface area contributed by atoms with Crippen LogP contribution in [0.4, 0.5) is 14.5 Å². The van der Waals surface area contributed by atoms with Gasteiger partial charge in [0.05, 0.1) is 19.4 Å². The van der Waals surface area contributed by atoms with Crippen LogP contribution in [0.3, 0.4) is 0 Å². The highest BCUT2D eigenvalue weighted by molar-refractivity contribution is 5.95. The minimum atomic E-state index is -0.921. The lowest BCUT2D eigenvalue weighted by Crippen LogP contribution is -2.29. The first-order valence-corrected chi connectivity index (χ1v) is 8.92. The van der Waals surface area contributed by atoms with Gasteiger partial charge in [-0.05, 0) is 36.8 Å². The molecule has 156 valence electrons. The van der Waals surface area contributed by atoms with Gasteiger partial charge in [-0.1, -0.05) is 13.3 Å². The Balaban J connectivity index is 1.86. The van der Waals surface area contributed by atoms with E-state index in [2.05, 4.69) is 10.8 Å². The Labute approximate surface area is 166 Å². The predicted molar refractivity (Wildman–Crippen MR) is 102 cm³/mol. The summed E-state index contributed by atoms with van der Waals surface area (Å²) >= 11 is 0. The molecule has 2 aromatic rings. The van der Waals surface area contributed by atoms with Crippen LogP contribution >= 0.6 is 0 Å². The van der Waals surface area contributed by atoms with Crippen molar-refractivity contribution in [3.05, 3.63) is 53.6 Å². The molecular weight excluding hydrogens is 386 g/mol. The number of rotatable bonds is 10. The van der Waals surface area contributed by atoms with Gasteiger partial charge >= 0.3 is 0 Å². The number of hydrogen-bond donors (Lipinski definition) is 2. The summed E-state index contributed by atoms with van der Waals surface area (Å²) in [5.74, 6) is -2.12. The Morgan fingerprint density at radius 3 is 2.55 bits per heavy atom. The molecule has 7 nitrogen and oxygen atoms in total. The molecule has 0 bridgehead atoms. The van der Waals surface area contributed by atoms with Crippen LogP contribution in [-0.4, -0.2) is 32.1 Å². The van der Waals surface area contributed by atoms with Gasteiger partial charge in [-0.15, -0.1) is 0 Å². The van der Waals surface area contributed by atoms with Crippen molar-refractivity contribution < 1.29 is 32.7 Å².